The largest absolute Gasteiger partial charge is 0.496 e. The number of hydrogen-bond donors (Lipinski definition) is 1. The number of methoxy groups -OCH3 is 1. The zero-order chi connectivity index (χ0) is 17.4. The van der Waals surface area contributed by atoms with Crippen LogP contribution in [0.1, 0.15) is 42.6 Å². The average Bonchev–Trinajstić information content (AvgIpc) is 3.26. The predicted molar refractivity (Wildman–Crippen MR) is 92.7 cm³/mol. The van der Waals surface area contributed by atoms with Crippen LogP contribution in [0.5, 0.6) is 5.75 Å². The number of rotatable bonds is 6. The Morgan fingerprint density at radius 2 is 2.12 bits per heavy atom. The lowest BCUT2D eigenvalue weighted by atomic mass is 10.2. The number of hydrogen-bond acceptors (Lipinski definition) is 8. The van der Waals surface area contributed by atoms with E-state index < -0.39 is 0 Å². The molecule has 1 aromatic carbocycles. The Balaban J connectivity index is 1.56. The smallest absolute Gasteiger partial charge is 0.239 e. The molecule has 0 bridgehead atoms. The molecule has 9 heteroatoms. The van der Waals surface area contributed by atoms with E-state index in [0.29, 0.717) is 28.5 Å². The Labute approximate surface area is 148 Å². The van der Waals surface area contributed by atoms with Gasteiger partial charge in [-0.05, 0) is 31.9 Å². The molecule has 1 atom stereocenters. The van der Waals surface area contributed by atoms with Crippen LogP contribution in [0, 0.1) is 0 Å². The summed E-state index contributed by atoms with van der Waals surface area (Å²) in [6.45, 7) is 1.98. The summed E-state index contributed by atoms with van der Waals surface area (Å²) in [6, 6.07) is 7.55. The van der Waals surface area contributed by atoms with Gasteiger partial charge in [0.05, 0.1) is 17.9 Å². The minimum atomic E-state index is -0.0722. The van der Waals surface area contributed by atoms with Crippen LogP contribution >= 0.6 is 11.8 Å². The first-order valence-electron chi connectivity index (χ1n) is 8.01. The molecule has 1 saturated carbocycles. The molecule has 0 amide bonds. The van der Waals surface area contributed by atoms with E-state index in [4.69, 9.17) is 15.1 Å². The molecule has 0 saturated heterocycles. The van der Waals surface area contributed by atoms with Gasteiger partial charge in [0.15, 0.2) is 11.6 Å². The van der Waals surface area contributed by atoms with Gasteiger partial charge in [0.2, 0.25) is 11.0 Å². The van der Waals surface area contributed by atoms with Crippen molar-refractivity contribution >= 4 is 11.8 Å². The fraction of sp³-hybridized carbons (Fsp3) is 0.375. The Kier molecular flexibility index (Phi) is 4.08. The first-order chi connectivity index (χ1) is 12.2. The Bertz CT molecular complexity index is 888. The Morgan fingerprint density at radius 1 is 1.32 bits per heavy atom. The fourth-order valence-corrected chi connectivity index (χ4v) is 3.30. The van der Waals surface area contributed by atoms with Gasteiger partial charge in [0.1, 0.15) is 5.75 Å². The second-order valence-electron chi connectivity index (χ2n) is 5.90. The zero-order valence-electron chi connectivity index (χ0n) is 13.9. The van der Waals surface area contributed by atoms with Crippen molar-refractivity contribution in [1.29, 1.82) is 0 Å². The quantitative estimate of drug-likeness (QED) is 0.530. The molecular formula is C16H18N6O2S. The van der Waals surface area contributed by atoms with Gasteiger partial charge >= 0.3 is 0 Å². The van der Waals surface area contributed by atoms with Crippen LogP contribution < -0.4 is 10.6 Å². The SMILES string of the molecule is COc1ccccc1-c1nnc(SC(C)c2nc(C3CC3)no2)n1N. The topological polar surface area (TPSA) is 105 Å². The number of thioether (sulfide) groups is 1. The number of benzene rings is 1. The highest BCUT2D eigenvalue weighted by molar-refractivity contribution is 7.99. The molecule has 2 N–H and O–H groups in total. The van der Waals surface area contributed by atoms with Gasteiger partial charge in [-0.1, -0.05) is 29.1 Å². The molecule has 2 aromatic heterocycles. The molecule has 1 fully saturated rings. The predicted octanol–water partition coefficient (Wildman–Crippen LogP) is 2.78. The van der Waals surface area contributed by atoms with Gasteiger partial charge in [-0.3, -0.25) is 0 Å². The Morgan fingerprint density at radius 3 is 2.88 bits per heavy atom. The third-order valence-electron chi connectivity index (χ3n) is 4.04. The number of ether oxygens (including phenoxy) is 1. The molecule has 3 aromatic rings. The summed E-state index contributed by atoms with van der Waals surface area (Å²) < 4.78 is 12.2. The van der Waals surface area contributed by atoms with E-state index in [1.54, 1.807) is 7.11 Å². The lowest BCUT2D eigenvalue weighted by molar-refractivity contribution is 0.374. The van der Waals surface area contributed by atoms with Crippen LogP contribution in [0.2, 0.25) is 0 Å². The van der Waals surface area contributed by atoms with E-state index in [2.05, 4.69) is 20.3 Å². The second kappa shape index (κ2) is 6.40. The van der Waals surface area contributed by atoms with Crippen LogP contribution in [0.4, 0.5) is 0 Å². The molecule has 25 heavy (non-hydrogen) atoms. The van der Waals surface area contributed by atoms with E-state index in [0.717, 1.165) is 24.2 Å². The van der Waals surface area contributed by atoms with Crippen LogP contribution in [0.25, 0.3) is 11.4 Å². The summed E-state index contributed by atoms with van der Waals surface area (Å²) >= 11 is 1.42. The minimum absolute atomic E-state index is 0.0722. The average molecular weight is 358 g/mol. The highest BCUT2D eigenvalue weighted by Crippen LogP contribution is 2.40. The molecule has 1 aliphatic rings. The van der Waals surface area contributed by atoms with Crippen molar-refractivity contribution in [3.05, 3.63) is 36.0 Å². The van der Waals surface area contributed by atoms with Gasteiger partial charge in [-0.2, -0.15) is 4.98 Å². The fourth-order valence-electron chi connectivity index (χ4n) is 2.50. The summed E-state index contributed by atoms with van der Waals surface area (Å²) in [5.74, 6) is 9.27. The van der Waals surface area contributed by atoms with Crippen LogP contribution in [-0.4, -0.2) is 32.1 Å². The van der Waals surface area contributed by atoms with E-state index in [1.165, 1.54) is 16.4 Å². The maximum absolute atomic E-state index is 6.20. The van der Waals surface area contributed by atoms with Crippen LogP contribution in [0.15, 0.2) is 33.9 Å². The van der Waals surface area contributed by atoms with Gasteiger partial charge in [-0.25, -0.2) is 4.68 Å². The van der Waals surface area contributed by atoms with E-state index in [-0.39, 0.29) is 5.25 Å². The number of nitrogen functional groups attached to an aromatic ring is 1. The van der Waals surface area contributed by atoms with Crippen LogP contribution in [0.3, 0.4) is 0 Å². The van der Waals surface area contributed by atoms with E-state index in [1.807, 2.05) is 31.2 Å². The maximum atomic E-state index is 6.20. The monoisotopic (exact) mass is 358 g/mol. The minimum Gasteiger partial charge on any atom is -0.496 e. The maximum Gasteiger partial charge on any atom is 0.239 e. The standard InChI is InChI=1S/C16H18N6O2S/c1-9(15-18-13(21-24-15)10-7-8-10)25-16-20-19-14(22(16)17)11-5-3-4-6-12(11)23-2/h3-6,9-10H,7-8,17H2,1-2H3. The van der Waals surface area contributed by atoms with Crippen molar-refractivity contribution in [2.75, 3.05) is 13.0 Å². The number of nitrogens with two attached hydrogens (primary N) is 1. The first-order valence-corrected chi connectivity index (χ1v) is 8.89. The third-order valence-corrected chi connectivity index (χ3v) is 5.09. The molecule has 2 heterocycles. The summed E-state index contributed by atoms with van der Waals surface area (Å²) in [4.78, 5) is 4.47. The second-order valence-corrected chi connectivity index (χ2v) is 7.21. The van der Waals surface area contributed by atoms with Gasteiger partial charge in [0.25, 0.3) is 0 Å². The lowest BCUT2D eigenvalue weighted by Crippen LogP contribution is -2.12. The third kappa shape index (κ3) is 3.07. The van der Waals surface area contributed by atoms with E-state index >= 15 is 0 Å². The molecule has 130 valence electrons. The molecule has 8 nitrogen and oxygen atoms in total. The summed E-state index contributed by atoms with van der Waals surface area (Å²) in [7, 11) is 1.61. The summed E-state index contributed by atoms with van der Waals surface area (Å²) in [5.41, 5.74) is 0.785. The van der Waals surface area contributed by atoms with Crippen molar-refractivity contribution in [3.63, 3.8) is 0 Å². The van der Waals surface area contributed by atoms with Crippen molar-refractivity contribution < 1.29 is 9.26 Å². The molecule has 0 spiro atoms. The summed E-state index contributed by atoms with van der Waals surface area (Å²) in [5, 5.41) is 12.9. The lowest BCUT2D eigenvalue weighted by Gasteiger charge is -2.09. The van der Waals surface area contributed by atoms with E-state index in [9.17, 15) is 0 Å². The zero-order valence-corrected chi connectivity index (χ0v) is 14.7. The Hall–Kier alpha value is -2.55. The molecular weight excluding hydrogens is 340 g/mol. The first kappa shape index (κ1) is 15.9. The van der Waals surface area contributed by atoms with Crippen molar-refractivity contribution in [3.8, 4) is 17.1 Å². The van der Waals surface area contributed by atoms with Crippen molar-refractivity contribution in [2.45, 2.75) is 36.1 Å². The normalized spacial score (nSPS) is 15.3. The highest BCUT2D eigenvalue weighted by Gasteiger charge is 2.30. The van der Waals surface area contributed by atoms with Crippen molar-refractivity contribution in [2.24, 2.45) is 0 Å². The van der Waals surface area contributed by atoms with Crippen LogP contribution in [-0.2, 0) is 0 Å². The van der Waals surface area contributed by atoms with Gasteiger partial charge < -0.3 is 15.1 Å². The molecule has 1 aliphatic carbocycles. The van der Waals surface area contributed by atoms with Gasteiger partial charge in [0, 0.05) is 5.92 Å². The molecule has 1 unspecified atom stereocenters. The number of para-hydroxylation sites is 1. The summed E-state index contributed by atoms with van der Waals surface area (Å²) in [6.07, 6.45) is 2.28. The molecule has 0 radical (unpaired) electrons. The van der Waals surface area contributed by atoms with Crippen molar-refractivity contribution in [1.82, 2.24) is 25.0 Å². The molecule has 0 aliphatic heterocycles. The number of aromatic nitrogens is 5. The molecule has 4 rings (SSSR count). The highest BCUT2D eigenvalue weighted by atomic mass is 32.2. The number of nitrogens with zero attached hydrogens (tertiary/aromatic N) is 5. The van der Waals surface area contributed by atoms with Gasteiger partial charge in [-0.15, -0.1) is 10.2 Å².